The molecule has 0 aliphatic carbocycles. The number of sulfonamides is 1. The summed E-state index contributed by atoms with van der Waals surface area (Å²) in [6.07, 6.45) is 2.93. The maximum absolute atomic E-state index is 13.3. The molecule has 7 heteroatoms. The van der Waals surface area contributed by atoms with Gasteiger partial charge in [0.15, 0.2) is 0 Å². The smallest absolute Gasteiger partial charge is 0.264 e. The summed E-state index contributed by atoms with van der Waals surface area (Å²) in [6, 6.07) is 11.5. The van der Waals surface area contributed by atoms with Crippen molar-refractivity contribution >= 4 is 33.2 Å². The van der Waals surface area contributed by atoms with Crippen LogP contribution in [0.5, 0.6) is 0 Å². The van der Waals surface area contributed by atoms with Crippen LogP contribution in [0.4, 0.5) is 5.69 Å². The van der Waals surface area contributed by atoms with Gasteiger partial charge in [-0.2, -0.15) is 0 Å². The topological polar surface area (TPSA) is 66.5 Å². The molecule has 152 valence electrons. The number of unbranched alkanes of at least 4 members (excludes halogenated alkanes) is 2. The summed E-state index contributed by atoms with van der Waals surface area (Å²) in [5.41, 5.74) is 2.08. The monoisotopic (exact) mass is 422 g/mol. The highest BCUT2D eigenvalue weighted by Gasteiger charge is 2.28. The fourth-order valence-electron chi connectivity index (χ4n) is 2.82. The van der Waals surface area contributed by atoms with Crippen LogP contribution in [0.25, 0.3) is 0 Å². The third-order valence-electron chi connectivity index (χ3n) is 4.43. The first kappa shape index (κ1) is 22.2. The Hall–Kier alpha value is -2.05. The number of rotatable bonds is 9. The molecule has 0 aromatic heterocycles. The summed E-state index contributed by atoms with van der Waals surface area (Å²) in [5.74, 6) is -0.332. The van der Waals surface area contributed by atoms with Crippen molar-refractivity contribution in [2.45, 2.75) is 44.9 Å². The van der Waals surface area contributed by atoms with Gasteiger partial charge in [-0.3, -0.25) is 9.10 Å². The van der Waals surface area contributed by atoms with Crippen LogP contribution in [-0.4, -0.2) is 27.4 Å². The van der Waals surface area contributed by atoms with E-state index in [1.807, 2.05) is 6.92 Å². The number of nitrogens with zero attached hydrogens (tertiary/aromatic N) is 1. The molecule has 0 radical (unpaired) electrons. The van der Waals surface area contributed by atoms with Crippen LogP contribution < -0.4 is 9.62 Å². The van der Waals surface area contributed by atoms with E-state index in [4.69, 9.17) is 11.6 Å². The average molecular weight is 423 g/mol. The minimum absolute atomic E-state index is 0.145. The summed E-state index contributed by atoms with van der Waals surface area (Å²) >= 11 is 6.03. The van der Waals surface area contributed by atoms with Crippen molar-refractivity contribution in [3.05, 3.63) is 58.6 Å². The third-order valence-corrected chi connectivity index (χ3v) is 6.44. The van der Waals surface area contributed by atoms with Crippen LogP contribution >= 0.6 is 11.6 Å². The lowest BCUT2D eigenvalue weighted by molar-refractivity contribution is -0.119. The lowest BCUT2D eigenvalue weighted by Crippen LogP contribution is -2.41. The summed E-state index contributed by atoms with van der Waals surface area (Å²) in [4.78, 5) is 12.6. The molecule has 0 atom stereocenters. The van der Waals surface area contributed by atoms with E-state index in [9.17, 15) is 13.2 Å². The van der Waals surface area contributed by atoms with E-state index >= 15 is 0 Å². The highest BCUT2D eigenvalue weighted by molar-refractivity contribution is 7.92. The van der Waals surface area contributed by atoms with Gasteiger partial charge >= 0.3 is 0 Å². The zero-order valence-electron chi connectivity index (χ0n) is 16.5. The van der Waals surface area contributed by atoms with Gasteiger partial charge in [0.1, 0.15) is 6.54 Å². The second-order valence-corrected chi connectivity index (χ2v) is 9.11. The molecule has 0 unspecified atom stereocenters. The SMILES string of the molecule is CCCCCNC(=O)CN(c1ccc(Cl)cc1C)S(=O)(=O)c1ccc(C)cc1. The summed E-state index contributed by atoms with van der Waals surface area (Å²) in [5, 5.41) is 3.32. The summed E-state index contributed by atoms with van der Waals surface area (Å²) < 4.78 is 27.8. The molecule has 0 saturated carbocycles. The standard InChI is InChI=1S/C21H27ClN2O3S/c1-4-5-6-13-23-21(25)15-24(20-12-9-18(22)14-17(20)3)28(26,27)19-10-7-16(2)8-11-19/h7-12,14H,4-6,13,15H2,1-3H3,(H,23,25). The van der Waals surface area contributed by atoms with Crippen molar-refractivity contribution in [1.82, 2.24) is 5.32 Å². The minimum Gasteiger partial charge on any atom is -0.355 e. The molecule has 5 nitrogen and oxygen atoms in total. The first-order valence-corrected chi connectivity index (χ1v) is 11.2. The molecule has 2 aromatic carbocycles. The Morgan fingerprint density at radius 1 is 1.07 bits per heavy atom. The molecular formula is C21H27ClN2O3S. The predicted molar refractivity (Wildman–Crippen MR) is 114 cm³/mol. The summed E-state index contributed by atoms with van der Waals surface area (Å²) in [6.45, 7) is 6.00. The Kier molecular flexibility index (Phi) is 7.89. The van der Waals surface area contributed by atoms with Crippen LogP contribution in [0.1, 0.15) is 37.3 Å². The van der Waals surface area contributed by atoms with E-state index in [1.54, 1.807) is 49.4 Å². The van der Waals surface area contributed by atoms with E-state index < -0.39 is 10.0 Å². The summed E-state index contributed by atoms with van der Waals surface area (Å²) in [7, 11) is -3.91. The maximum Gasteiger partial charge on any atom is 0.264 e. The number of nitrogens with one attached hydrogen (secondary N) is 1. The molecule has 0 heterocycles. The van der Waals surface area contributed by atoms with Crippen molar-refractivity contribution in [1.29, 1.82) is 0 Å². The van der Waals surface area contributed by atoms with Gasteiger partial charge in [-0.1, -0.05) is 49.1 Å². The number of carbonyl (C=O) groups excluding carboxylic acids is 1. The average Bonchev–Trinajstić information content (AvgIpc) is 2.64. The number of anilines is 1. The van der Waals surface area contributed by atoms with E-state index in [0.29, 0.717) is 22.8 Å². The molecule has 0 aliphatic rings. The number of halogens is 1. The highest BCUT2D eigenvalue weighted by Crippen LogP contribution is 2.28. The number of hydrogen-bond donors (Lipinski definition) is 1. The van der Waals surface area contributed by atoms with Crippen LogP contribution in [0.3, 0.4) is 0 Å². The number of hydrogen-bond acceptors (Lipinski definition) is 3. The van der Waals surface area contributed by atoms with E-state index in [-0.39, 0.29) is 17.3 Å². The van der Waals surface area contributed by atoms with Gasteiger partial charge in [0.25, 0.3) is 10.0 Å². The molecule has 0 fully saturated rings. The predicted octanol–water partition coefficient (Wildman–Crippen LogP) is 4.46. The number of amides is 1. The quantitative estimate of drug-likeness (QED) is 0.606. The van der Waals surface area contributed by atoms with Crippen LogP contribution in [0.2, 0.25) is 5.02 Å². The van der Waals surface area contributed by atoms with Crippen molar-refractivity contribution in [3.8, 4) is 0 Å². The van der Waals surface area contributed by atoms with Crippen molar-refractivity contribution < 1.29 is 13.2 Å². The molecule has 1 amide bonds. The van der Waals surface area contributed by atoms with E-state index in [1.165, 1.54) is 0 Å². The Balaban J connectivity index is 2.35. The lowest BCUT2D eigenvalue weighted by atomic mass is 10.2. The Labute approximate surface area is 172 Å². The second kappa shape index (κ2) is 9.94. The number of benzene rings is 2. The fraction of sp³-hybridized carbons (Fsp3) is 0.381. The van der Waals surface area contributed by atoms with Gasteiger partial charge < -0.3 is 5.32 Å². The minimum atomic E-state index is -3.91. The molecule has 0 spiro atoms. The first-order valence-electron chi connectivity index (χ1n) is 9.38. The van der Waals surface area contributed by atoms with Crippen molar-refractivity contribution in [2.75, 3.05) is 17.4 Å². The molecule has 2 aromatic rings. The molecule has 0 bridgehead atoms. The molecular weight excluding hydrogens is 396 g/mol. The number of aryl methyl sites for hydroxylation is 2. The number of carbonyl (C=O) groups is 1. The molecule has 1 N–H and O–H groups in total. The van der Waals surface area contributed by atoms with Crippen LogP contribution in [-0.2, 0) is 14.8 Å². The third kappa shape index (κ3) is 5.72. The molecule has 28 heavy (non-hydrogen) atoms. The first-order chi connectivity index (χ1) is 13.3. The highest BCUT2D eigenvalue weighted by atomic mass is 35.5. The largest absolute Gasteiger partial charge is 0.355 e. The fourth-order valence-corrected chi connectivity index (χ4v) is 4.54. The van der Waals surface area contributed by atoms with Gasteiger partial charge in [-0.25, -0.2) is 8.42 Å². The Bertz CT molecular complexity index is 912. The van der Waals surface area contributed by atoms with E-state index in [0.717, 1.165) is 29.1 Å². The molecule has 0 saturated heterocycles. The molecule has 0 aliphatic heterocycles. The Morgan fingerprint density at radius 3 is 2.36 bits per heavy atom. The van der Waals surface area contributed by atoms with E-state index in [2.05, 4.69) is 12.2 Å². The van der Waals surface area contributed by atoms with Gasteiger partial charge in [0, 0.05) is 11.6 Å². The zero-order chi connectivity index (χ0) is 20.7. The van der Waals surface area contributed by atoms with Gasteiger partial charge in [-0.05, 0) is 56.2 Å². The second-order valence-electron chi connectivity index (χ2n) is 6.81. The van der Waals surface area contributed by atoms with Gasteiger partial charge in [0.2, 0.25) is 5.91 Å². The Morgan fingerprint density at radius 2 is 1.75 bits per heavy atom. The normalized spacial score (nSPS) is 11.3. The zero-order valence-corrected chi connectivity index (χ0v) is 18.1. The molecule has 2 rings (SSSR count). The lowest BCUT2D eigenvalue weighted by Gasteiger charge is -2.26. The van der Waals surface area contributed by atoms with Gasteiger partial charge in [-0.15, -0.1) is 0 Å². The van der Waals surface area contributed by atoms with Crippen molar-refractivity contribution in [3.63, 3.8) is 0 Å². The van der Waals surface area contributed by atoms with Crippen LogP contribution in [0.15, 0.2) is 47.4 Å². The maximum atomic E-state index is 13.3. The van der Waals surface area contributed by atoms with Crippen molar-refractivity contribution in [2.24, 2.45) is 0 Å². The van der Waals surface area contributed by atoms with Crippen LogP contribution in [0, 0.1) is 13.8 Å². The van der Waals surface area contributed by atoms with Gasteiger partial charge in [0.05, 0.1) is 10.6 Å².